The highest BCUT2D eigenvalue weighted by molar-refractivity contribution is 6.38. The molecule has 0 aliphatic carbocycles. The molecule has 0 aliphatic rings. The van der Waals surface area contributed by atoms with E-state index in [1.54, 1.807) is 18.2 Å². The van der Waals surface area contributed by atoms with Gasteiger partial charge >= 0.3 is 0 Å². The van der Waals surface area contributed by atoms with E-state index in [0.717, 1.165) is 16.5 Å². The lowest BCUT2D eigenvalue weighted by atomic mass is 10.0. The van der Waals surface area contributed by atoms with Gasteiger partial charge in [0.05, 0.1) is 5.02 Å². The summed E-state index contributed by atoms with van der Waals surface area (Å²) in [4.78, 5) is 12.7. The predicted octanol–water partition coefficient (Wildman–Crippen LogP) is 5.02. The minimum absolute atomic E-state index is 0.0916. The lowest BCUT2D eigenvalue weighted by molar-refractivity contribution is 0.104. The Bertz CT molecular complexity index is 865. The molecule has 3 aromatic rings. The molecule has 0 aliphatic heterocycles. The number of rotatable bonds is 2. The summed E-state index contributed by atoms with van der Waals surface area (Å²) in [5.41, 5.74) is 3.31. The van der Waals surface area contributed by atoms with Gasteiger partial charge in [-0.2, -0.15) is 0 Å². The fourth-order valence-electron chi connectivity index (χ4n) is 2.49. The first-order valence-electron chi connectivity index (χ1n) is 6.53. The Morgan fingerprint density at radius 1 is 1.05 bits per heavy atom. The zero-order chi connectivity index (χ0) is 15.1. The van der Waals surface area contributed by atoms with E-state index in [9.17, 15) is 4.79 Å². The van der Waals surface area contributed by atoms with E-state index in [1.807, 2.05) is 36.9 Å². The van der Waals surface area contributed by atoms with E-state index in [0.29, 0.717) is 21.2 Å². The van der Waals surface area contributed by atoms with Gasteiger partial charge in [-0.05, 0) is 36.8 Å². The van der Waals surface area contributed by atoms with Crippen molar-refractivity contribution >= 4 is 39.9 Å². The molecule has 4 heteroatoms. The van der Waals surface area contributed by atoms with Gasteiger partial charge < -0.3 is 4.57 Å². The molecule has 0 spiro atoms. The van der Waals surface area contributed by atoms with Crippen LogP contribution in [0.1, 0.15) is 21.5 Å². The molecule has 21 heavy (non-hydrogen) atoms. The third kappa shape index (κ3) is 2.45. The molecule has 2 aromatic carbocycles. The van der Waals surface area contributed by atoms with Crippen LogP contribution in [-0.4, -0.2) is 10.4 Å². The number of fused-ring (bicyclic) bond motifs is 1. The van der Waals surface area contributed by atoms with Crippen LogP contribution in [0.3, 0.4) is 0 Å². The van der Waals surface area contributed by atoms with Crippen LogP contribution in [0.15, 0.2) is 42.6 Å². The number of hydrogen-bond acceptors (Lipinski definition) is 1. The molecule has 0 saturated carbocycles. The maximum atomic E-state index is 12.7. The predicted molar refractivity (Wildman–Crippen MR) is 87.6 cm³/mol. The summed E-state index contributed by atoms with van der Waals surface area (Å²) in [5, 5.41) is 1.82. The minimum atomic E-state index is -0.0916. The Morgan fingerprint density at radius 3 is 2.52 bits per heavy atom. The lowest BCUT2D eigenvalue weighted by Crippen LogP contribution is -2.01. The van der Waals surface area contributed by atoms with E-state index in [4.69, 9.17) is 23.2 Å². The van der Waals surface area contributed by atoms with Gasteiger partial charge in [0.1, 0.15) is 0 Å². The van der Waals surface area contributed by atoms with Crippen LogP contribution < -0.4 is 0 Å². The topological polar surface area (TPSA) is 22.0 Å². The van der Waals surface area contributed by atoms with Gasteiger partial charge in [-0.3, -0.25) is 4.79 Å². The molecule has 0 atom stereocenters. The number of carbonyl (C=O) groups is 1. The maximum Gasteiger partial charge on any atom is 0.196 e. The first kappa shape index (κ1) is 14.2. The Morgan fingerprint density at radius 2 is 1.81 bits per heavy atom. The number of hydrogen-bond donors (Lipinski definition) is 0. The monoisotopic (exact) mass is 317 g/mol. The third-order valence-electron chi connectivity index (χ3n) is 3.57. The van der Waals surface area contributed by atoms with Crippen LogP contribution in [0.4, 0.5) is 0 Å². The molecule has 0 unspecified atom stereocenters. The second-order valence-electron chi connectivity index (χ2n) is 5.13. The Hall–Kier alpha value is -1.77. The van der Waals surface area contributed by atoms with Gasteiger partial charge in [-0.1, -0.05) is 35.3 Å². The number of ketones is 1. The molecule has 2 nitrogen and oxygen atoms in total. The molecular formula is C17H13Cl2NO. The molecule has 0 saturated heterocycles. The van der Waals surface area contributed by atoms with Crippen molar-refractivity contribution in [2.24, 2.45) is 7.05 Å². The molecule has 0 amide bonds. The first-order valence-corrected chi connectivity index (χ1v) is 7.28. The molecule has 1 heterocycles. The minimum Gasteiger partial charge on any atom is -0.350 e. The molecule has 3 rings (SSSR count). The lowest BCUT2D eigenvalue weighted by Gasteiger charge is -2.03. The number of halogens is 2. The van der Waals surface area contributed by atoms with Crippen LogP contribution in [0.25, 0.3) is 10.9 Å². The molecule has 0 N–H and O–H groups in total. The maximum absolute atomic E-state index is 12.7. The number of benzene rings is 2. The average molecular weight is 318 g/mol. The van der Waals surface area contributed by atoms with Gasteiger partial charge in [0.2, 0.25) is 0 Å². The Balaban J connectivity index is 2.18. The Kier molecular flexibility index (Phi) is 3.52. The molecule has 106 valence electrons. The van der Waals surface area contributed by atoms with Crippen molar-refractivity contribution in [2.45, 2.75) is 6.92 Å². The number of aromatic nitrogens is 1. The summed E-state index contributed by atoms with van der Waals surface area (Å²) in [5.74, 6) is -0.0916. The van der Waals surface area contributed by atoms with Crippen molar-refractivity contribution in [3.8, 4) is 0 Å². The van der Waals surface area contributed by atoms with E-state index in [2.05, 4.69) is 6.07 Å². The van der Waals surface area contributed by atoms with Crippen LogP contribution in [0.5, 0.6) is 0 Å². The number of nitrogens with zero attached hydrogens (tertiary/aromatic N) is 1. The van der Waals surface area contributed by atoms with Crippen molar-refractivity contribution in [1.29, 1.82) is 0 Å². The quantitative estimate of drug-likeness (QED) is 0.608. The highest BCUT2D eigenvalue weighted by atomic mass is 35.5. The van der Waals surface area contributed by atoms with Crippen LogP contribution in [0.2, 0.25) is 10.0 Å². The fraction of sp³-hybridized carbons (Fsp3) is 0.118. The standard InChI is InChI=1S/C17H13Cl2NO/c1-10-3-5-12-14(9-20(2)16(12)7-10)17(21)13-6-4-11(18)8-15(13)19/h3-9H,1-2H3. The summed E-state index contributed by atoms with van der Waals surface area (Å²) in [6.45, 7) is 2.03. The molecule has 0 fully saturated rings. The SMILES string of the molecule is Cc1ccc2c(C(=O)c3ccc(Cl)cc3Cl)cn(C)c2c1. The fourth-order valence-corrected chi connectivity index (χ4v) is 2.99. The third-order valence-corrected chi connectivity index (χ3v) is 4.11. The van der Waals surface area contributed by atoms with Gasteiger partial charge in [0, 0.05) is 40.3 Å². The van der Waals surface area contributed by atoms with Crippen molar-refractivity contribution < 1.29 is 4.79 Å². The molecule has 0 bridgehead atoms. The van der Waals surface area contributed by atoms with Gasteiger partial charge in [0.25, 0.3) is 0 Å². The van der Waals surface area contributed by atoms with E-state index in [1.165, 1.54) is 0 Å². The average Bonchev–Trinajstić information content (AvgIpc) is 2.75. The summed E-state index contributed by atoms with van der Waals surface area (Å²) in [6, 6.07) is 11.0. The summed E-state index contributed by atoms with van der Waals surface area (Å²) >= 11 is 12.0. The second kappa shape index (κ2) is 5.21. The molecular weight excluding hydrogens is 305 g/mol. The van der Waals surface area contributed by atoms with Crippen LogP contribution in [0, 0.1) is 6.92 Å². The molecule has 1 aromatic heterocycles. The highest BCUT2D eigenvalue weighted by Crippen LogP contribution is 2.28. The van der Waals surface area contributed by atoms with Crippen molar-refractivity contribution in [3.63, 3.8) is 0 Å². The molecule has 0 radical (unpaired) electrons. The Labute approximate surface area is 132 Å². The zero-order valence-electron chi connectivity index (χ0n) is 11.7. The normalized spacial score (nSPS) is 11.0. The van der Waals surface area contributed by atoms with Crippen LogP contribution in [-0.2, 0) is 7.05 Å². The van der Waals surface area contributed by atoms with Crippen molar-refractivity contribution in [3.05, 3.63) is 69.3 Å². The number of carbonyl (C=O) groups excluding carboxylic acids is 1. The summed E-state index contributed by atoms with van der Waals surface area (Å²) < 4.78 is 1.96. The summed E-state index contributed by atoms with van der Waals surface area (Å²) in [6.07, 6.45) is 1.84. The smallest absolute Gasteiger partial charge is 0.196 e. The largest absolute Gasteiger partial charge is 0.350 e. The van der Waals surface area contributed by atoms with Crippen LogP contribution >= 0.6 is 23.2 Å². The summed E-state index contributed by atoms with van der Waals surface area (Å²) in [7, 11) is 1.93. The van der Waals surface area contributed by atoms with E-state index < -0.39 is 0 Å². The van der Waals surface area contributed by atoms with E-state index >= 15 is 0 Å². The van der Waals surface area contributed by atoms with Crippen molar-refractivity contribution in [2.75, 3.05) is 0 Å². The van der Waals surface area contributed by atoms with Gasteiger partial charge in [-0.25, -0.2) is 0 Å². The van der Waals surface area contributed by atoms with Crippen molar-refractivity contribution in [1.82, 2.24) is 4.57 Å². The first-order chi connectivity index (χ1) is 9.97. The van der Waals surface area contributed by atoms with E-state index in [-0.39, 0.29) is 5.78 Å². The van der Waals surface area contributed by atoms with Gasteiger partial charge in [0.15, 0.2) is 5.78 Å². The zero-order valence-corrected chi connectivity index (χ0v) is 13.2. The highest BCUT2D eigenvalue weighted by Gasteiger charge is 2.18. The number of aryl methyl sites for hydroxylation is 2. The second-order valence-corrected chi connectivity index (χ2v) is 5.97. The van der Waals surface area contributed by atoms with Gasteiger partial charge in [-0.15, -0.1) is 0 Å².